The zero-order valence-electron chi connectivity index (χ0n) is 14.7. The van der Waals surface area contributed by atoms with Crippen LogP contribution in [-0.2, 0) is 0 Å². The summed E-state index contributed by atoms with van der Waals surface area (Å²) in [6.07, 6.45) is 6.56. The summed E-state index contributed by atoms with van der Waals surface area (Å²) in [6.45, 7) is 1.31. The zero-order chi connectivity index (χ0) is 18.2. The van der Waals surface area contributed by atoms with Gasteiger partial charge in [0, 0.05) is 30.7 Å². The quantitative estimate of drug-likeness (QED) is 0.527. The average Bonchev–Trinajstić information content (AvgIpc) is 3.37. The Labute approximate surface area is 160 Å². The third kappa shape index (κ3) is 3.21. The minimum Gasteiger partial charge on any atom is -0.367 e. The second-order valence-electron chi connectivity index (χ2n) is 6.89. The number of H-pyrrole nitrogens is 1. The monoisotopic (exact) mass is 378 g/mol. The molecule has 4 heterocycles. The fourth-order valence-electron chi connectivity index (χ4n) is 3.56. The summed E-state index contributed by atoms with van der Waals surface area (Å²) in [6, 6.07) is 12.4. The van der Waals surface area contributed by atoms with Gasteiger partial charge in [0.05, 0.1) is 16.8 Å². The zero-order valence-corrected chi connectivity index (χ0v) is 15.5. The number of hydrogen-bond donors (Lipinski definition) is 1. The van der Waals surface area contributed by atoms with Gasteiger partial charge in [-0.1, -0.05) is 6.07 Å². The van der Waals surface area contributed by atoms with Gasteiger partial charge in [-0.25, -0.2) is 14.4 Å². The molecule has 0 aliphatic carbocycles. The molecule has 5 rings (SSSR count). The van der Waals surface area contributed by atoms with Crippen LogP contribution < -0.4 is 4.90 Å². The number of fused-ring (bicyclic) bond motifs is 1. The average molecular weight is 378 g/mol. The van der Waals surface area contributed by atoms with Gasteiger partial charge in [-0.05, 0) is 54.3 Å². The molecule has 1 aliphatic rings. The second-order valence-corrected chi connectivity index (χ2v) is 7.92. The number of piperidine rings is 1. The summed E-state index contributed by atoms with van der Waals surface area (Å²) in [5.74, 6) is 0.844. The number of aromatic nitrogens is 3. The number of pyridine rings is 1. The predicted octanol–water partition coefficient (Wildman–Crippen LogP) is 5.29. The summed E-state index contributed by atoms with van der Waals surface area (Å²) in [5, 5.41) is 0.956. The third-order valence-corrected chi connectivity index (χ3v) is 6.07. The van der Waals surface area contributed by atoms with E-state index in [9.17, 15) is 4.39 Å². The Morgan fingerprint density at radius 3 is 2.81 bits per heavy atom. The highest BCUT2D eigenvalue weighted by Crippen LogP contribution is 2.33. The highest BCUT2D eigenvalue weighted by atomic mass is 32.1. The van der Waals surface area contributed by atoms with Crippen molar-refractivity contribution in [3.8, 4) is 21.7 Å². The lowest BCUT2D eigenvalue weighted by Gasteiger charge is -2.29. The van der Waals surface area contributed by atoms with Gasteiger partial charge >= 0.3 is 0 Å². The number of rotatable bonds is 3. The van der Waals surface area contributed by atoms with Crippen LogP contribution in [0, 0.1) is 0 Å². The number of anilines is 1. The summed E-state index contributed by atoms with van der Waals surface area (Å²) in [7, 11) is 0. The summed E-state index contributed by atoms with van der Waals surface area (Å²) < 4.78 is 14.8. The number of nitrogens with zero attached hydrogens (tertiary/aromatic N) is 3. The Balaban J connectivity index is 1.43. The molecule has 6 heteroatoms. The van der Waals surface area contributed by atoms with E-state index in [1.54, 1.807) is 11.3 Å². The number of aromatic amines is 1. The largest absolute Gasteiger partial charge is 0.367 e. The smallest absolute Gasteiger partial charge is 0.128 e. The number of nitrogens with one attached hydrogen (secondary N) is 1. The lowest BCUT2D eigenvalue weighted by Crippen LogP contribution is -2.36. The number of alkyl halides is 1. The molecule has 4 aromatic rings. The maximum atomic E-state index is 13.6. The van der Waals surface area contributed by atoms with Crippen LogP contribution in [0.1, 0.15) is 12.8 Å². The van der Waals surface area contributed by atoms with Gasteiger partial charge in [0.2, 0.25) is 0 Å². The van der Waals surface area contributed by atoms with Gasteiger partial charge in [0.1, 0.15) is 17.0 Å². The van der Waals surface area contributed by atoms with Crippen LogP contribution in [0.15, 0.2) is 55.0 Å². The minimum absolute atomic E-state index is 0.440. The van der Waals surface area contributed by atoms with E-state index in [4.69, 9.17) is 4.98 Å². The Kier molecular flexibility index (Phi) is 4.13. The van der Waals surface area contributed by atoms with E-state index in [1.807, 2.05) is 35.6 Å². The van der Waals surface area contributed by atoms with Crippen molar-refractivity contribution in [2.45, 2.75) is 19.0 Å². The molecule has 136 valence electrons. The van der Waals surface area contributed by atoms with Crippen LogP contribution in [0.25, 0.3) is 31.9 Å². The van der Waals surface area contributed by atoms with Crippen molar-refractivity contribution in [1.29, 1.82) is 0 Å². The maximum absolute atomic E-state index is 13.6. The van der Waals surface area contributed by atoms with Crippen molar-refractivity contribution in [3.63, 3.8) is 0 Å². The van der Waals surface area contributed by atoms with Crippen molar-refractivity contribution in [1.82, 2.24) is 15.0 Å². The van der Waals surface area contributed by atoms with Gasteiger partial charge in [-0.3, -0.25) is 0 Å². The van der Waals surface area contributed by atoms with E-state index in [1.165, 1.54) is 11.1 Å². The van der Waals surface area contributed by atoms with Gasteiger partial charge in [-0.15, -0.1) is 11.3 Å². The molecular weight excluding hydrogens is 359 g/mol. The number of benzene rings is 1. The highest BCUT2D eigenvalue weighted by molar-refractivity contribution is 7.21. The molecule has 1 aliphatic heterocycles. The van der Waals surface area contributed by atoms with Crippen molar-refractivity contribution in [3.05, 3.63) is 55.0 Å². The van der Waals surface area contributed by atoms with Crippen LogP contribution >= 0.6 is 11.3 Å². The van der Waals surface area contributed by atoms with Crippen molar-refractivity contribution in [2.24, 2.45) is 0 Å². The molecule has 1 N–H and O–H groups in total. The van der Waals surface area contributed by atoms with E-state index in [-0.39, 0.29) is 0 Å². The molecule has 1 saturated heterocycles. The normalized spacial score (nSPS) is 17.5. The van der Waals surface area contributed by atoms with Gasteiger partial charge in [-0.2, -0.15) is 0 Å². The molecule has 1 fully saturated rings. The molecule has 1 aromatic carbocycles. The van der Waals surface area contributed by atoms with Gasteiger partial charge in [0.15, 0.2) is 0 Å². The SMILES string of the molecule is F[C@@H]1CCCN(c2ccc(-c3nc4ccc(-c5cc[nH]c5)cc4s3)cn2)C1. The third-order valence-electron chi connectivity index (χ3n) is 5.00. The summed E-state index contributed by atoms with van der Waals surface area (Å²) >= 11 is 1.67. The molecule has 4 nitrogen and oxygen atoms in total. The van der Waals surface area contributed by atoms with E-state index in [2.05, 4.69) is 34.2 Å². The molecule has 27 heavy (non-hydrogen) atoms. The standard InChI is InChI=1S/C21H19FN4S/c22-17-2-1-9-26(13-17)20-6-4-16(12-24-20)21-25-18-5-3-14(10-19(18)27-21)15-7-8-23-11-15/h3-8,10-12,17,23H,1-2,9,13H2/t17-/m1/s1. The van der Waals surface area contributed by atoms with Crippen molar-refractivity contribution >= 4 is 27.4 Å². The van der Waals surface area contributed by atoms with E-state index in [0.29, 0.717) is 13.0 Å². The molecular formula is C21H19FN4S. The number of thiazole rings is 1. The molecule has 3 aromatic heterocycles. The van der Waals surface area contributed by atoms with E-state index >= 15 is 0 Å². The summed E-state index contributed by atoms with van der Waals surface area (Å²) in [5.41, 5.74) is 4.34. The topological polar surface area (TPSA) is 44.8 Å². The van der Waals surface area contributed by atoms with Crippen LogP contribution in [0.2, 0.25) is 0 Å². The fraction of sp³-hybridized carbons (Fsp3) is 0.238. The molecule has 0 amide bonds. The number of halogens is 1. The molecule has 0 saturated carbocycles. The number of hydrogen-bond acceptors (Lipinski definition) is 4. The molecule has 1 atom stereocenters. The van der Waals surface area contributed by atoms with E-state index in [0.717, 1.165) is 39.6 Å². The Bertz CT molecular complexity index is 1060. The minimum atomic E-state index is -0.751. The maximum Gasteiger partial charge on any atom is 0.128 e. The van der Waals surface area contributed by atoms with Gasteiger partial charge in [0.25, 0.3) is 0 Å². The van der Waals surface area contributed by atoms with Crippen LogP contribution in [0.5, 0.6) is 0 Å². The van der Waals surface area contributed by atoms with E-state index < -0.39 is 6.17 Å². The highest BCUT2D eigenvalue weighted by Gasteiger charge is 2.20. The lowest BCUT2D eigenvalue weighted by atomic mass is 10.1. The van der Waals surface area contributed by atoms with Crippen LogP contribution in [-0.4, -0.2) is 34.2 Å². The van der Waals surface area contributed by atoms with Gasteiger partial charge < -0.3 is 9.88 Å². The Morgan fingerprint density at radius 2 is 2.04 bits per heavy atom. The first-order valence-electron chi connectivity index (χ1n) is 9.15. The molecule has 0 spiro atoms. The molecule has 0 unspecified atom stereocenters. The summed E-state index contributed by atoms with van der Waals surface area (Å²) in [4.78, 5) is 14.4. The van der Waals surface area contributed by atoms with Crippen molar-refractivity contribution in [2.75, 3.05) is 18.0 Å². The van der Waals surface area contributed by atoms with Crippen LogP contribution in [0.3, 0.4) is 0 Å². The Morgan fingerprint density at radius 1 is 1.11 bits per heavy atom. The Hall–Kier alpha value is -2.73. The first-order chi connectivity index (χ1) is 13.3. The first kappa shape index (κ1) is 16.4. The molecule has 0 radical (unpaired) electrons. The van der Waals surface area contributed by atoms with Crippen molar-refractivity contribution < 1.29 is 4.39 Å². The van der Waals surface area contributed by atoms with Crippen LogP contribution in [0.4, 0.5) is 10.2 Å². The molecule has 0 bridgehead atoms. The predicted molar refractivity (Wildman–Crippen MR) is 109 cm³/mol. The second kappa shape index (κ2) is 6.78. The first-order valence-corrected chi connectivity index (χ1v) is 9.97. The fourth-order valence-corrected chi connectivity index (χ4v) is 4.56. The lowest BCUT2D eigenvalue weighted by molar-refractivity contribution is 0.286.